The summed E-state index contributed by atoms with van der Waals surface area (Å²) < 4.78 is 41.3. The summed E-state index contributed by atoms with van der Waals surface area (Å²) in [6.45, 7) is 0. The van der Waals surface area contributed by atoms with Gasteiger partial charge in [0.1, 0.15) is 5.03 Å². The Hall–Kier alpha value is -1.78. The average molecular weight is 467 g/mol. The van der Waals surface area contributed by atoms with Crippen molar-refractivity contribution in [2.45, 2.75) is 11.2 Å². The summed E-state index contributed by atoms with van der Waals surface area (Å²) in [5.41, 5.74) is -0.191. The average Bonchev–Trinajstić information content (AvgIpc) is 2.89. The molecule has 0 amide bonds. The summed E-state index contributed by atoms with van der Waals surface area (Å²) in [4.78, 5) is 10.8. The monoisotopic (exact) mass is 465 g/mol. The third kappa shape index (κ3) is 3.81. The van der Waals surface area contributed by atoms with Gasteiger partial charge in [-0.05, 0) is 28.1 Å². The molecular formula is C15H8BrClF3N3O2S. The number of carboxylic acid groups (broad SMARTS) is 1. The molecule has 0 saturated carbocycles. The van der Waals surface area contributed by atoms with E-state index in [1.54, 1.807) is 6.20 Å². The van der Waals surface area contributed by atoms with Crippen molar-refractivity contribution in [2.24, 2.45) is 0 Å². The number of benzene rings is 1. The Morgan fingerprint density at radius 1 is 1.31 bits per heavy atom. The van der Waals surface area contributed by atoms with Crippen LogP contribution in [0.4, 0.5) is 13.2 Å². The predicted molar refractivity (Wildman–Crippen MR) is 94.9 cm³/mol. The van der Waals surface area contributed by atoms with E-state index in [4.69, 9.17) is 16.7 Å². The van der Waals surface area contributed by atoms with Gasteiger partial charge in [0.2, 0.25) is 0 Å². The van der Waals surface area contributed by atoms with Crippen LogP contribution < -0.4 is 0 Å². The number of fused-ring (bicyclic) bond motifs is 1. The van der Waals surface area contributed by atoms with Crippen molar-refractivity contribution in [3.63, 3.8) is 0 Å². The van der Waals surface area contributed by atoms with E-state index in [0.717, 1.165) is 23.9 Å². The minimum absolute atomic E-state index is 0.0321. The highest BCUT2D eigenvalue weighted by Gasteiger charge is 2.31. The smallest absolute Gasteiger partial charge is 0.416 e. The number of rotatable bonds is 4. The molecule has 0 spiro atoms. The van der Waals surface area contributed by atoms with E-state index < -0.39 is 17.7 Å². The maximum absolute atomic E-state index is 13.1. The van der Waals surface area contributed by atoms with Crippen LogP contribution in [0, 0.1) is 0 Å². The highest BCUT2D eigenvalue weighted by Crippen LogP contribution is 2.37. The number of carbonyl (C=O) groups is 1. The van der Waals surface area contributed by atoms with Crippen LogP contribution in [0.5, 0.6) is 0 Å². The lowest BCUT2D eigenvalue weighted by molar-refractivity contribution is -0.137. The van der Waals surface area contributed by atoms with E-state index in [9.17, 15) is 18.0 Å². The fraction of sp³-hybridized carbons (Fsp3) is 0.133. The van der Waals surface area contributed by atoms with Crippen LogP contribution in [0.25, 0.3) is 16.6 Å². The molecule has 2 aromatic heterocycles. The molecule has 1 N–H and O–H groups in total. The molecule has 11 heteroatoms. The fourth-order valence-corrected chi connectivity index (χ4v) is 3.66. The molecule has 0 aliphatic rings. The zero-order valence-corrected chi connectivity index (χ0v) is 15.7. The van der Waals surface area contributed by atoms with Gasteiger partial charge in [-0.1, -0.05) is 29.4 Å². The van der Waals surface area contributed by atoms with Crippen LogP contribution >= 0.6 is 39.3 Å². The Morgan fingerprint density at radius 2 is 2.04 bits per heavy atom. The number of hydrogen-bond acceptors (Lipinski definition) is 4. The predicted octanol–water partition coefficient (Wildman–Crippen LogP) is 5.03. The van der Waals surface area contributed by atoms with Crippen molar-refractivity contribution in [3.05, 3.63) is 45.7 Å². The maximum Gasteiger partial charge on any atom is 0.416 e. The molecule has 5 nitrogen and oxygen atoms in total. The lowest BCUT2D eigenvalue weighted by Crippen LogP contribution is -2.06. The van der Waals surface area contributed by atoms with Crippen molar-refractivity contribution < 1.29 is 23.1 Å². The molecular weight excluding hydrogens is 459 g/mol. The molecule has 3 rings (SSSR count). The Kier molecular flexibility index (Phi) is 5.18. The van der Waals surface area contributed by atoms with Crippen LogP contribution in [0.3, 0.4) is 0 Å². The van der Waals surface area contributed by atoms with Crippen molar-refractivity contribution in [2.75, 3.05) is 5.75 Å². The summed E-state index contributed by atoms with van der Waals surface area (Å²) in [7, 11) is 0. The molecule has 3 aromatic rings. The van der Waals surface area contributed by atoms with Gasteiger partial charge in [0.15, 0.2) is 5.15 Å². The number of halogens is 5. The van der Waals surface area contributed by atoms with Crippen LogP contribution in [-0.4, -0.2) is 31.6 Å². The minimum Gasteiger partial charge on any atom is -0.481 e. The van der Waals surface area contributed by atoms with Crippen molar-refractivity contribution in [1.29, 1.82) is 0 Å². The normalized spacial score (nSPS) is 11.9. The van der Waals surface area contributed by atoms with E-state index in [2.05, 4.69) is 26.1 Å². The Labute approximate surface area is 162 Å². The van der Waals surface area contributed by atoms with Crippen LogP contribution in [-0.2, 0) is 11.0 Å². The molecule has 0 aliphatic heterocycles. The van der Waals surface area contributed by atoms with Gasteiger partial charge in [0.25, 0.3) is 0 Å². The van der Waals surface area contributed by atoms with E-state index in [0.29, 0.717) is 15.5 Å². The number of aromatic nitrogens is 3. The van der Waals surface area contributed by atoms with E-state index in [-0.39, 0.29) is 21.4 Å². The first-order valence-electron chi connectivity index (χ1n) is 6.93. The first kappa shape index (κ1) is 19.0. The number of hydrogen-bond donors (Lipinski definition) is 1. The zero-order valence-electron chi connectivity index (χ0n) is 12.6. The number of alkyl halides is 3. The lowest BCUT2D eigenvalue weighted by Gasteiger charge is -2.11. The first-order chi connectivity index (χ1) is 12.2. The van der Waals surface area contributed by atoms with Crippen LogP contribution in [0.2, 0.25) is 5.15 Å². The van der Waals surface area contributed by atoms with E-state index in [1.807, 2.05) is 0 Å². The Balaban J connectivity index is 2.21. The third-order valence-electron chi connectivity index (χ3n) is 3.39. The topological polar surface area (TPSA) is 68.0 Å². The summed E-state index contributed by atoms with van der Waals surface area (Å²) in [5, 5.41) is 17.2. The summed E-state index contributed by atoms with van der Waals surface area (Å²) in [6, 6.07) is 4.79. The van der Waals surface area contributed by atoms with E-state index in [1.165, 1.54) is 16.7 Å². The minimum atomic E-state index is -4.50. The van der Waals surface area contributed by atoms with Gasteiger partial charge in [0, 0.05) is 22.1 Å². The molecule has 136 valence electrons. The van der Waals surface area contributed by atoms with Gasteiger partial charge < -0.3 is 9.67 Å². The quantitative estimate of drug-likeness (QED) is 0.546. The van der Waals surface area contributed by atoms with E-state index >= 15 is 0 Å². The molecule has 0 saturated heterocycles. The van der Waals surface area contributed by atoms with Gasteiger partial charge in [-0.25, -0.2) is 0 Å². The number of carboxylic acids is 1. The fourth-order valence-electron chi connectivity index (χ4n) is 2.31. The standard InChI is InChI=1S/C15H8BrClF3N3O2S/c16-9-5-23(10-3-7(15(18,19)20)1-2-8(9)10)11-4-12(17)21-22-14(11)26-6-13(24)25/h1-5H,6H2,(H,24,25). The molecule has 0 atom stereocenters. The zero-order chi connectivity index (χ0) is 19.1. The van der Waals surface area contributed by atoms with Gasteiger partial charge in [-0.15, -0.1) is 10.2 Å². The number of nitrogens with zero attached hydrogens (tertiary/aromatic N) is 3. The van der Waals surface area contributed by atoms with Crippen molar-refractivity contribution >= 4 is 56.2 Å². The van der Waals surface area contributed by atoms with Crippen molar-refractivity contribution in [1.82, 2.24) is 14.8 Å². The highest BCUT2D eigenvalue weighted by atomic mass is 79.9. The molecule has 0 radical (unpaired) electrons. The molecule has 0 fully saturated rings. The second kappa shape index (κ2) is 7.09. The number of thioether (sulfide) groups is 1. The van der Waals surface area contributed by atoms with Crippen LogP contribution in [0.15, 0.2) is 40.0 Å². The first-order valence-corrected chi connectivity index (χ1v) is 9.08. The highest BCUT2D eigenvalue weighted by molar-refractivity contribution is 9.10. The van der Waals surface area contributed by atoms with Gasteiger partial charge in [-0.3, -0.25) is 4.79 Å². The SMILES string of the molecule is O=C(O)CSc1nnc(Cl)cc1-n1cc(Br)c2ccc(C(F)(F)F)cc21. The van der Waals surface area contributed by atoms with Crippen molar-refractivity contribution in [3.8, 4) is 5.69 Å². The lowest BCUT2D eigenvalue weighted by atomic mass is 10.1. The maximum atomic E-state index is 13.1. The van der Waals surface area contributed by atoms with Gasteiger partial charge in [-0.2, -0.15) is 13.2 Å². The third-order valence-corrected chi connectivity index (χ3v) is 5.16. The Morgan fingerprint density at radius 3 is 2.69 bits per heavy atom. The number of aliphatic carboxylic acids is 1. The molecule has 26 heavy (non-hydrogen) atoms. The molecule has 0 unspecified atom stereocenters. The largest absolute Gasteiger partial charge is 0.481 e. The van der Waals surface area contributed by atoms with Gasteiger partial charge in [0.05, 0.1) is 22.5 Å². The second-order valence-electron chi connectivity index (χ2n) is 5.12. The summed E-state index contributed by atoms with van der Waals surface area (Å²) >= 11 is 10.1. The molecule has 0 bridgehead atoms. The molecule has 1 aromatic carbocycles. The summed E-state index contributed by atoms with van der Waals surface area (Å²) in [6.07, 6.45) is -2.92. The summed E-state index contributed by atoms with van der Waals surface area (Å²) in [5.74, 6) is -1.34. The molecule has 0 aliphatic carbocycles. The molecule has 2 heterocycles. The van der Waals surface area contributed by atoms with Gasteiger partial charge >= 0.3 is 12.1 Å². The second-order valence-corrected chi connectivity index (χ2v) is 7.32. The Bertz CT molecular complexity index is 1010. The van der Waals surface area contributed by atoms with Crippen LogP contribution in [0.1, 0.15) is 5.56 Å².